The minimum Gasteiger partial charge on any atom is -0.447 e. The number of carbonyl (C=O) groups excluding carboxylic acids is 1. The van der Waals surface area contributed by atoms with Gasteiger partial charge in [-0.3, -0.25) is 0 Å². The zero-order valence-corrected chi connectivity index (χ0v) is 29.4. The highest BCUT2D eigenvalue weighted by Gasteiger charge is 2.28. The van der Waals surface area contributed by atoms with Crippen molar-refractivity contribution in [1.29, 1.82) is 0 Å². The Morgan fingerprint density at radius 3 is 2.27 bits per heavy atom. The van der Waals surface area contributed by atoms with Crippen LogP contribution in [0.25, 0.3) is 0 Å². The lowest BCUT2D eigenvalue weighted by Gasteiger charge is -2.24. The number of nitrogens with one attached hydrogen (secondary N) is 1. The van der Waals surface area contributed by atoms with Crippen molar-refractivity contribution in [2.24, 2.45) is 5.92 Å². The number of aryl methyl sites for hydroxylation is 1. The molecule has 3 atom stereocenters. The summed E-state index contributed by atoms with van der Waals surface area (Å²) in [7, 11) is -3.84. The van der Waals surface area contributed by atoms with Crippen molar-refractivity contribution in [3.63, 3.8) is 0 Å². The smallest absolute Gasteiger partial charge is 0.407 e. The highest BCUT2D eigenvalue weighted by molar-refractivity contribution is 8.03. The molecule has 0 aliphatic carbocycles. The van der Waals surface area contributed by atoms with Gasteiger partial charge >= 0.3 is 6.09 Å². The summed E-state index contributed by atoms with van der Waals surface area (Å²) < 4.78 is 42.1. The molecule has 2 heterocycles. The molecule has 0 spiro atoms. The Balaban J connectivity index is 1.13. The van der Waals surface area contributed by atoms with Crippen LogP contribution in [0.2, 0.25) is 0 Å². The fourth-order valence-electron chi connectivity index (χ4n) is 5.83. The normalized spacial score (nSPS) is 19.8. The summed E-state index contributed by atoms with van der Waals surface area (Å²) in [4.78, 5) is 14.2. The summed E-state index contributed by atoms with van der Waals surface area (Å²) in [5, 5.41) is 4.68. The predicted molar refractivity (Wildman–Crippen MR) is 183 cm³/mol. The maximum atomic E-state index is 12.7. The first kappa shape index (κ1) is 37.7. The largest absolute Gasteiger partial charge is 0.447 e. The third-order valence-electron chi connectivity index (χ3n) is 8.63. The molecule has 1 N–H and O–H groups in total. The molecule has 1 aromatic rings. The van der Waals surface area contributed by atoms with E-state index in [1.54, 1.807) is 24.3 Å². The third-order valence-corrected chi connectivity index (χ3v) is 10.9. The van der Waals surface area contributed by atoms with E-state index >= 15 is 0 Å². The lowest BCUT2D eigenvalue weighted by molar-refractivity contribution is 0.0425. The topological polar surface area (TPSA) is 94.2 Å². The van der Waals surface area contributed by atoms with Crippen molar-refractivity contribution in [1.82, 2.24) is 10.2 Å². The van der Waals surface area contributed by atoms with Gasteiger partial charge in [-0.05, 0) is 62.5 Å². The number of amides is 1. The summed E-state index contributed by atoms with van der Waals surface area (Å²) in [6, 6.07) is 6.66. The van der Waals surface area contributed by atoms with Gasteiger partial charge in [0.2, 0.25) is 5.56 Å². The van der Waals surface area contributed by atoms with Gasteiger partial charge in [0, 0.05) is 19.3 Å². The Morgan fingerprint density at radius 2 is 1.58 bits per heavy atom. The van der Waals surface area contributed by atoms with Crippen LogP contribution >= 0.6 is 11.8 Å². The number of carbonyl (C=O) groups is 1. The first-order valence-electron chi connectivity index (χ1n) is 17.5. The fourth-order valence-corrected chi connectivity index (χ4v) is 7.93. The van der Waals surface area contributed by atoms with Gasteiger partial charge in [0.05, 0.1) is 17.6 Å². The molecule has 1 aromatic carbocycles. The van der Waals surface area contributed by atoms with Gasteiger partial charge in [-0.25, -0.2) is 8.98 Å². The zero-order chi connectivity index (χ0) is 32.2. The first-order valence-corrected chi connectivity index (χ1v) is 19.8. The van der Waals surface area contributed by atoms with E-state index < -0.39 is 21.8 Å². The standard InChI is InChI=1S/C35H58N2O6S2/c1-3-4-5-6-7-8-9-10-11-12-13-15-18-31-27-32(41-28-31)29-42-34(38)36-23-16-14-17-24-37-25-26-44-35(37)43-45(39,40)33-21-19-30(2)20-22-33/h19-22,25-26,31-32,35H,3-18,23-24,27-29H2,1-2H3,(H,36,38). The van der Waals surface area contributed by atoms with Crippen LogP contribution in [-0.4, -0.2) is 57.4 Å². The zero-order valence-electron chi connectivity index (χ0n) is 27.8. The molecule has 3 rings (SSSR count). The second-order valence-electron chi connectivity index (χ2n) is 12.7. The summed E-state index contributed by atoms with van der Waals surface area (Å²) >= 11 is 1.33. The lowest BCUT2D eigenvalue weighted by atomic mass is 9.97. The molecule has 2 aliphatic heterocycles. The first-order chi connectivity index (χ1) is 21.9. The number of benzene rings is 1. The summed E-state index contributed by atoms with van der Waals surface area (Å²) in [5.74, 6) is 0.585. The molecule has 3 unspecified atom stereocenters. The van der Waals surface area contributed by atoms with Crippen LogP contribution in [-0.2, 0) is 23.8 Å². The molecule has 8 nitrogen and oxygen atoms in total. The van der Waals surface area contributed by atoms with E-state index in [4.69, 9.17) is 13.7 Å². The van der Waals surface area contributed by atoms with Crippen LogP contribution in [0.3, 0.4) is 0 Å². The Morgan fingerprint density at radius 1 is 0.933 bits per heavy atom. The number of thioether (sulfide) groups is 1. The monoisotopic (exact) mass is 666 g/mol. The fraction of sp³-hybridized carbons (Fsp3) is 0.743. The van der Waals surface area contributed by atoms with E-state index in [0.29, 0.717) is 25.6 Å². The number of ether oxygens (including phenoxy) is 2. The van der Waals surface area contributed by atoms with Gasteiger partial charge in [-0.15, -0.1) is 0 Å². The van der Waals surface area contributed by atoms with Crippen molar-refractivity contribution in [3.8, 4) is 0 Å². The van der Waals surface area contributed by atoms with E-state index in [0.717, 1.165) is 37.9 Å². The van der Waals surface area contributed by atoms with Gasteiger partial charge in [-0.1, -0.05) is 113 Å². The molecule has 45 heavy (non-hydrogen) atoms. The number of unbranched alkanes of at least 4 members (excludes halogenated alkanes) is 13. The van der Waals surface area contributed by atoms with Crippen LogP contribution in [0.5, 0.6) is 0 Å². The van der Waals surface area contributed by atoms with Crippen LogP contribution in [0, 0.1) is 12.8 Å². The van der Waals surface area contributed by atoms with E-state index in [1.807, 2.05) is 23.4 Å². The van der Waals surface area contributed by atoms with Gasteiger partial charge < -0.3 is 19.7 Å². The minimum atomic E-state index is -3.84. The van der Waals surface area contributed by atoms with Gasteiger partial charge in [0.15, 0.2) is 0 Å². The number of nitrogens with zero attached hydrogens (tertiary/aromatic N) is 1. The Hall–Kier alpha value is -1.75. The molecular formula is C35H58N2O6S2. The Labute approximate surface area is 277 Å². The van der Waals surface area contributed by atoms with E-state index in [2.05, 4.69) is 12.2 Å². The molecule has 1 amide bonds. The van der Waals surface area contributed by atoms with Crippen LogP contribution in [0.15, 0.2) is 40.8 Å². The molecule has 0 radical (unpaired) electrons. The van der Waals surface area contributed by atoms with Crippen LogP contribution < -0.4 is 5.32 Å². The summed E-state index contributed by atoms with van der Waals surface area (Å²) in [6.07, 6.45) is 22.7. The summed E-state index contributed by atoms with van der Waals surface area (Å²) in [6.45, 7) is 6.48. The predicted octanol–water partition coefficient (Wildman–Crippen LogP) is 8.90. The summed E-state index contributed by atoms with van der Waals surface area (Å²) in [5.41, 5.74) is 0.387. The maximum Gasteiger partial charge on any atom is 0.407 e. The molecule has 0 bridgehead atoms. The number of rotatable bonds is 24. The Bertz CT molecular complexity index is 1080. The SMILES string of the molecule is CCCCCCCCCCCCCCC1COC(COC(=O)NCCCCCN2C=CSC2OS(=O)(=O)c2ccc(C)cc2)C1. The number of alkyl carbamates (subject to hydrolysis) is 1. The average Bonchev–Trinajstić information content (AvgIpc) is 3.67. The van der Waals surface area contributed by atoms with E-state index in [-0.39, 0.29) is 11.0 Å². The van der Waals surface area contributed by atoms with Gasteiger partial charge in [-0.2, -0.15) is 8.42 Å². The highest BCUT2D eigenvalue weighted by Crippen LogP contribution is 2.30. The minimum absolute atomic E-state index is 0.00875. The number of hydrogen-bond donors (Lipinski definition) is 1. The molecule has 2 aliphatic rings. The van der Waals surface area contributed by atoms with Crippen molar-refractivity contribution in [3.05, 3.63) is 41.4 Å². The molecule has 1 saturated heterocycles. The van der Waals surface area contributed by atoms with Gasteiger partial charge in [0.1, 0.15) is 6.61 Å². The molecule has 256 valence electrons. The van der Waals surface area contributed by atoms with Crippen LogP contribution in [0.4, 0.5) is 4.79 Å². The Kier molecular flexibility index (Phi) is 18.4. The maximum absolute atomic E-state index is 12.7. The quantitative estimate of drug-likeness (QED) is 0.0864. The van der Waals surface area contributed by atoms with Crippen molar-refractivity contribution < 1.29 is 26.9 Å². The van der Waals surface area contributed by atoms with Crippen molar-refractivity contribution in [2.45, 2.75) is 140 Å². The van der Waals surface area contributed by atoms with E-state index in [1.165, 1.54) is 95.2 Å². The van der Waals surface area contributed by atoms with Gasteiger partial charge in [0.25, 0.3) is 10.1 Å². The van der Waals surface area contributed by atoms with E-state index in [9.17, 15) is 13.2 Å². The molecule has 0 aromatic heterocycles. The molecule has 1 fully saturated rings. The lowest BCUT2D eigenvalue weighted by Crippen LogP contribution is -2.31. The molecular weight excluding hydrogens is 609 g/mol. The second kappa shape index (κ2) is 21.9. The van der Waals surface area contributed by atoms with Crippen molar-refractivity contribution in [2.75, 3.05) is 26.3 Å². The number of hydrogen-bond acceptors (Lipinski definition) is 8. The molecule has 10 heteroatoms. The van der Waals surface area contributed by atoms with Crippen LogP contribution in [0.1, 0.15) is 122 Å². The average molecular weight is 667 g/mol. The second-order valence-corrected chi connectivity index (χ2v) is 15.2. The third kappa shape index (κ3) is 15.6. The molecule has 0 saturated carbocycles. The highest BCUT2D eigenvalue weighted by atomic mass is 32.2. The van der Waals surface area contributed by atoms with Crippen molar-refractivity contribution >= 4 is 28.0 Å².